The van der Waals surface area contributed by atoms with Gasteiger partial charge in [-0.15, -0.1) is 12.3 Å². The van der Waals surface area contributed by atoms with Crippen molar-refractivity contribution in [1.29, 1.82) is 0 Å². The number of aliphatic hydroxyl groups is 1. The van der Waals surface area contributed by atoms with Crippen molar-refractivity contribution in [2.75, 3.05) is 0 Å². The molecule has 0 aliphatic rings. The number of unbranched alkanes of at least 4 members (excludes halogenated alkanes) is 1. The minimum absolute atomic E-state index is 0.559. The molecule has 0 amide bonds. The van der Waals surface area contributed by atoms with Gasteiger partial charge in [0, 0.05) is 11.8 Å². The summed E-state index contributed by atoms with van der Waals surface area (Å²) in [6.45, 7) is 2.04. The summed E-state index contributed by atoms with van der Waals surface area (Å²) in [5.41, 5.74) is 2.01. The van der Waals surface area contributed by atoms with Crippen LogP contribution in [-0.4, -0.2) is 5.11 Å². The second kappa shape index (κ2) is 5.07. The Morgan fingerprint density at radius 3 is 3.00 bits per heavy atom. The fraction of sp³-hybridized carbons (Fsp3) is 0.333. The van der Waals surface area contributed by atoms with Crippen molar-refractivity contribution >= 4 is 11.0 Å². The van der Waals surface area contributed by atoms with Crippen molar-refractivity contribution in [2.24, 2.45) is 0 Å². The first-order valence-corrected chi connectivity index (χ1v) is 5.82. The normalized spacial score (nSPS) is 12.5. The molecule has 0 bridgehead atoms. The minimum Gasteiger partial charge on any atom is -0.458 e. The third-order valence-corrected chi connectivity index (χ3v) is 2.82. The molecule has 2 aromatic rings. The summed E-state index contributed by atoms with van der Waals surface area (Å²) in [5, 5.41) is 11.0. The lowest BCUT2D eigenvalue weighted by Crippen LogP contribution is -1.94. The maximum absolute atomic E-state index is 9.96. The van der Waals surface area contributed by atoms with E-state index in [0.29, 0.717) is 18.6 Å². The van der Waals surface area contributed by atoms with Crippen LogP contribution in [0.4, 0.5) is 0 Å². The van der Waals surface area contributed by atoms with E-state index in [9.17, 15) is 5.11 Å². The lowest BCUT2D eigenvalue weighted by atomic mass is 10.1. The van der Waals surface area contributed by atoms with E-state index in [-0.39, 0.29) is 0 Å². The standard InChI is InChI=1S/C15H16O2/c1-3-4-5-6-13(16)15-10-12-9-11(2)7-8-14(12)17-15/h1,7-10,13,16H,4-6H2,2H3. The predicted molar refractivity (Wildman–Crippen MR) is 68.6 cm³/mol. The van der Waals surface area contributed by atoms with Gasteiger partial charge in [0.2, 0.25) is 0 Å². The van der Waals surface area contributed by atoms with E-state index < -0.39 is 6.10 Å². The Labute approximate surface area is 101 Å². The van der Waals surface area contributed by atoms with Crippen molar-refractivity contribution in [2.45, 2.75) is 32.3 Å². The van der Waals surface area contributed by atoms with E-state index in [4.69, 9.17) is 10.8 Å². The molecule has 0 aliphatic heterocycles. The second-order valence-corrected chi connectivity index (χ2v) is 4.30. The van der Waals surface area contributed by atoms with Crippen LogP contribution < -0.4 is 0 Å². The molecule has 2 heteroatoms. The highest BCUT2D eigenvalue weighted by Gasteiger charge is 2.12. The molecule has 1 atom stereocenters. The van der Waals surface area contributed by atoms with Crippen LogP contribution in [0.25, 0.3) is 11.0 Å². The maximum Gasteiger partial charge on any atom is 0.134 e. The number of aliphatic hydroxyl groups excluding tert-OH is 1. The number of hydrogen-bond acceptors (Lipinski definition) is 2. The van der Waals surface area contributed by atoms with Gasteiger partial charge in [0.15, 0.2) is 0 Å². The molecule has 0 saturated heterocycles. The van der Waals surface area contributed by atoms with Crippen LogP contribution in [0.15, 0.2) is 28.7 Å². The van der Waals surface area contributed by atoms with Gasteiger partial charge in [-0.05, 0) is 38.0 Å². The van der Waals surface area contributed by atoms with Crippen molar-refractivity contribution in [1.82, 2.24) is 0 Å². The van der Waals surface area contributed by atoms with Crippen LogP contribution in [0.1, 0.15) is 36.7 Å². The Morgan fingerprint density at radius 2 is 2.24 bits per heavy atom. The highest BCUT2D eigenvalue weighted by Crippen LogP contribution is 2.27. The van der Waals surface area contributed by atoms with E-state index in [0.717, 1.165) is 17.4 Å². The first-order valence-electron chi connectivity index (χ1n) is 5.82. The maximum atomic E-state index is 9.96. The molecular formula is C15H16O2. The summed E-state index contributed by atoms with van der Waals surface area (Å²) in [6.07, 6.45) is 6.76. The molecule has 17 heavy (non-hydrogen) atoms. The summed E-state index contributed by atoms with van der Waals surface area (Å²) in [5.74, 6) is 3.19. The van der Waals surface area contributed by atoms with Gasteiger partial charge >= 0.3 is 0 Å². The quantitative estimate of drug-likeness (QED) is 0.641. The molecule has 1 heterocycles. The monoisotopic (exact) mass is 228 g/mol. The Balaban J connectivity index is 2.16. The van der Waals surface area contributed by atoms with Crippen LogP contribution >= 0.6 is 0 Å². The van der Waals surface area contributed by atoms with E-state index in [1.807, 2.05) is 25.1 Å². The summed E-state index contributed by atoms with van der Waals surface area (Å²) in [4.78, 5) is 0. The second-order valence-electron chi connectivity index (χ2n) is 4.30. The summed E-state index contributed by atoms with van der Waals surface area (Å²) < 4.78 is 5.61. The fourth-order valence-corrected chi connectivity index (χ4v) is 1.89. The fourth-order valence-electron chi connectivity index (χ4n) is 1.89. The Kier molecular flexibility index (Phi) is 3.51. The molecule has 0 radical (unpaired) electrons. The zero-order chi connectivity index (χ0) is 12.3. The molecular weight excluding hydrogens is 212 g/mol. The van der Waals surface area contributed by atoms with E-state index in [1.54, 1.807) is 0 Å². The van der Waals surface area contributed by atoms with E-state index >= 15 is 0 Å². The first-order chi connectivity index (χ1) is 8.20. The number of hydrogen-bond donors (Lipinski definition) is 1. The lowest BCUT2D eigenvalue weighted by molar-refractivity contribution is 0.140. The molecule has 0 fully saturated rings. The molecule has 2 rings (SSSR count). The molecule has 0 spiro atoms. The molecule has 1 aromatic carbocycles. The Bertz CT molecular complexity index is 546. The van der Waals surface area contributed by atoms with E-state index in [2.05, 4.69) is 12.0 Å². The smallest absolute Gasteiger partial charge is 0.134 e. The predicted octanol–water partition coefficient (Wildman–Crippen LogP) is 3.58. The van der Waals surface area contributed by atoms with Gasteiger partial charge in [0.05, 0.1) is 0 Å². The van der Waals surface area contributed by atoms with Crippen LogP contribution in [0.5, 0.6) is 0 Å². The minimum atomic E-state index is -0.559. The Morgan fingerprint density at radius 1 is 1.41 bits per heavy atom. The summed E-state index contributed by atoms with van der Waals surface area (Å²) in [7, 11) is 0. The highest BCUT2D eigenvalue weighted by molar-refractivity contribution is 5.78. The van der Waals surface area contributed by atoms with Gasteiger partial charge in [0.1, 0.15) is 17.4 Å². The van der Waals surface area contributed by atoms with Gasteiger partial charge < -0.3 is 9.52 Å². The lowest BCUT2D eigenvalue weighted by Gasteiger charge is -2.04. The summed E-state index contributed by atoms with van der Waals surface area (Å²) >= 11 is 0. The molecule has 1 unspecified atom stereocenters. The molecule has 0 aliphatic carbocycles. The SMILES string of the molecule is C#CCCCC(O)c1cc2cc(C)ccc2o1. The Hall–Kier alpha value is -1.72. The zero-order valence-corrected chi connectivity index (χ0v) is 9.94. The molecule has 0 saturated carbocycles. The largest absolute Gasteiger partial charge is 0.458 e. The number of terminal acetylenes is 1. The number of aryl methyl sites for hydroxylation is 1. The van der Waals surface area contributed by atoms with Gasteiger partial charge in [-0.2, -0.15) is 0 Å². The van der Waals surface area contributed by atoms with Crippen molar-refractivity contribution in [3.8, 4) is 12.3 Å². The summed E-state index contributed by atoms with van der Waals surface area (Å²) in [6, 6.07) is 7.89. The molecule has 1 aromatic heterocycles. The first kappa shape index (κ1) is 11.8. The number of fused-ring (bicyclic) bond motifs is 1. The number of furan rings is 1. The topological polar surface area (TPSA) is 33.4 Å². The van der Waals surface area contributed by atoms with Gasteiger partial charge in [-0.25, -0.2) is 0 Å². The molecule has 88 valence electrons. The van der Waals surface area contributed by atoms with Crippen LogP contribution in [0, 0.1) is 19.3 Å². The number of rotatable bonds is 4. The van der Waals surface area contributed by atoms with Crippen LogP contribution in [-0.2, 0) is 0 Å². The van der Waals surface area contributed by atoms with E-state index in [1.165, 1.54) is 5.56 Å². The van der Waals surface area contributed by atoms with Gasteiger partial charge in [-0.1, -0.05) is 11.6 Å². The van der Waals surface area contributed by atoms with Crippen molar-refractivity contribution in [3.63, 3.8) is 0 Å². The number of benzene rings is 1. The third-order valence-electron chi connectivity index (χ3n) is 2.82. The highest BCUT2D eigenvalue weighted by atomic mass is 16.4. The average molecular weight is 228 g/mol. The van der Waals surface area contributed by atoms with Crippen molar-refractivity contribution in [3.05, 3.63) is 35.6 Å². The molecule has 2 nitrogen and oxygen atoms in total. The van der Waals surface area contributed by atoms with Crippen LogP contribution in [0.2, 0.25) is 0 Å². The zero-order valence-electron chi connectivity index (χ0n) is 9.94. The molecule has 1 N–H and O–H groups in total. The average Bonchev–Trinajstić information content (AvgIpc) is 2.72. The van der Waals surface area contributed by atoms with Crippen LogP contribution in [0.3, 0.4) is 0 Å². The third kappa shape index (κ3) is 2.69. The van der Waals surface area contributed by atoms with Gasteiger partial charge in [-0.3, -0.25) is 0 Å². The van der Waals surface area contributed by atoms with Crippen molar-refractivity contribution < 1.29 is 9.52 Å². The van der Waals surface area contributed by atoms with Gasteiger partial charge in [0.25, 0.3) is 0 Å².